The number of nitrogens with two attached hydrogens (primary N) is 1. The van der Waals surface area contributed by atoms with Crippen LogP contribution in [-0.2, 0) is 4.79 Å². The van der Waals surface area contributed by atoms with Crippen molar-refractivity contribution in [3.05, 3.63) is 108 Å². The molecule has 6 nitrogen and oxygen atoms in total. The monoisotopic (exact) mass is 411 g/mol. The van der Waals surface area contributed by atoms with Crippen LogP contribution in [0.15, 0.2) is 91.0 Å². The Balaban J connectivity index is 0.000000225. The van der Waals surface area contributed by atoms with E-state index in [2.05, 4.69) is 0 Å². The van der Waals surface area contributed by atoms with Gasteiger partial charge in [-0.15, -0.1) is 0 Å². The molecule has 160 valence electrons. The first kappa shape index (κ1) is 25.2. The fraction of sp³-hybridized carbons (Fsp3) is 0.208. The van der Waals surface area contributed by atoms with Crippen LogP contribution in [0.4, 0.5) is 0 Å². The number of carbonyl (C=O) groups is 1. The minimum absolute atomic E-state index is 0.218. The first-order valence-corrected chi connectivity index (χ1v) is 9.48. The molecule has 0 radical (unpaired) electrons. The van der Waals surface area contributed by atoms with Crippen LogP contribution in [0.25, 0.3) is 0 Å². The van der Waals surface area contributed by atoms with Gasteiger partial charge in [0.2, 0.25) is 0 Å². The number of aldehydes is 1. The van der Waals surface area contributed by atoms with Gasteiger partial charge in [-0.1, -0.05) is 91.0 Å². The van der Waals surface area contributed by atoms with E-state index in [4.69, 9.17) is 21.1 Å². The van der Waals surface area contributed by atoms with Gasteiger partial charge in [-0.25, -0.2) is 0 Å². The second-order valence-electron chi connectivity index (χ2n) is 6.26. The van der Waals surface area contributed by atoms with Crippen molar-refractivity contribution in [2.45, 2.75) is 18.3 Å². The Kier molecular flexibility index (Phi) is 12.6. The molecule has 0 aliphatic rings. The molecule has 6 heteroatoms. The van der Waals surface area contributed by atoms with E-state index >= 15 is 0 Å². The summed E-state index contributed by atoms with van der Waals surface area (Å²) in [4.78, 5) is 10.1. The molecule has 3 atom stereocenters. The van der Waals surface area contributed by atoms with E-state index in [1.807, 2.05) is 54.6 Å². The Bertz CT molecular complexity index is 754. The van der Waals surface area contributed by atoms with Gasteiger partial charge in [0.1, 0.15) is 12.2 Å². The van der Waals surface area contributed by atoms with Crippen LogP contribution >= 0.6 is 0 Å². The summed E-state index contributed by atoms with van der Waals surface area (Å²) in [5.41, 5.74) is 7.52. The number of carbonyl (C=O) groups excluding carboxylic acids is 1. The van der Waals surface area contributed by atoms with E-state index in [1.54, 1.807) is 36.4 Å². The zero-order valence-corrected chi connectivity index (χ0v) is 16.7. The van der Waals surface area contributed by atoms with E-state index in [0.29, 0.717) is 11.8 Å². The van der Waals surface area contributed by atoms with Gasteiger partial charge in [0, 0.05) is 6.54 Å². The summed E-state index contributed by atoms with van der Waals surface area (Å²) < 4.78 is 0. The molecule has 0 aliphatic heterocycles. The third kappa shape index (κ3) is 9.56. The van der Waals surface area contributed by atoms with Crippen molar-refractivity contribution >= 4 is 6.29 Å². The number of rotatable bonds is 6. The largest absolute Gasteiger partial charge is 0.393 e. The van der Waals surface area contributed by atoms with Crippen LogP contribution in [-0.4, -0.2) is 39.9 Å². The second-order valence-corrected chi connectivity index (χ2v) is 6.26. The number of hydrogen-bond acceptors (Lipinski definition) is 6. The summed E-state index contributed by atoms with van der Waals surface area (Å²) in [7, 11) is 0. The van der Waals surface area contributed by atoms with Crippen molar-refractivity contribution in [2.75, 3.05) is 13.2 Å². The molecule has 6 N–H and O–H groups in total. The van der Waals surface area contributed by atoms with Gasteiger partial charge in [0.25, 0.3) is 0 Å². The molecule has 3 rings (SSSR count). The molecule has 0 bridgehead atoms. The number of aliphatic hydroxyl groups is 4. The molecular formula is C24H29NO5. The molecular weight excluding hydrogens is 382 g/mol. The molecule has 0 aliphatic carbocycles. The summed E-state index contributed by atoms with van der Waals surface area (Å²) >= 11 is 0. The molecule has 0 heterocycles. The highest BCUT2D eigenvalue weighted by molar-refractivity contribution is 5.59. The third-order valence-electron chi connectivity index (χ3n) is 4.03. The summed E-state index contributed by atoms with van der Waals surface area (Å²) in [6.07, 6.45) is -1.71. The van der Waals surface area contributed by atoms with Gasteiger partial charge >= 0.3 is 0 Å². The highest BCUT2D eigenvalue weighted by atomic mass is 16.3. The van der Waals surface area contributed by atoms with Crippen LogP contribution in [0, 0.1) is 0 Å². The highest BCUT2D eigenvalue weighted by Crippen LogP contribution is 2.10. The highest BCUT2D eigenvalue weighted by Gasteiger charge is 2.03. The van der Waals surface area contributed by atoms with Crippen LogP contribution in [0.5, 0.6) is 0 Å². The Morgan fingerprint density at radius 2 is 1.03 bits per heavy atom. The van der Waals surface area contributed by atoms with Crippen molar-refractivity contribution in [1.82, 2.24) is 0 Å². The lowest BCUT2D eigenvalue weighted by Gasteiger charge is -2.05. The van der Waals surface area contributed by atoms with Gasteiger partial charge < -0.3 is 31.0 Å². The SMILES string of the molecule is NC[C@@H](O)c1ccccc1.O=C[C@@H](O)c1ccccc1.OC[C@@H](O)c1ccccc1. The number of hydrogen-bond donors (Lipinski definition) is 5. The standard InChI is InChI=1S/C8H11NO.C8H10O2.C8H8O2/c3*9-6-8(10)7-4-2-1-3-5-7/h1-5,8,10H,6,9H2;1-5,8-10H,6H2;1-6,8,10H/t3*8-/m111/s1. The minimum atomic E-state index is -0.971. The molecule has 0 aromatic heterocycles. The average molecular weight is 411 g/mol. The Hall–Kier alpha value is -2.87. The third-order valence-corrected chi connectivity index (χ3v) is 4.03. The van der Waals surface area contributed by atoms with Crippen LogP contribution in [0.3, 0.4) is 0 Å². The summed E-state index contributed by atoms with van der Waals surface area (Å²) in [5, 5.41) is 35.8. The maximum Gasteiger partial charge on any atom is 0.153 e. The zero-order valence-electron chi connectivity index (χ0n) is 16.7. The fourth-order valence-electron chi connectivity index (χ4n) is 2.32. The van der Waals surface area contributed by atoms with Crippen molar-refractivity contribution in [3.63, 3.8) is 0 Å². The lowest BCUT2D eigenvalue weighted by molar-refractivity contribution is -0.115. The maximum absolute atomic E-state index is 10.1. The predicted octanol–water partition coefficient (Wildman–Crippen LogP) is 2.31. The average Bonchev–Trinajstić information content (AvgIpc) is 2.85. The van der Waals surface area contributed by atoms with E-state index in [0.717, 1.165) is 11.1 Å². The second kappa shape index (κ2) is 15.0. The molecule has 30 heavy (non-hydrogen) atoms. The number of aliphatic hydroxyl groups excluding tert-OH is 4. The number of benzene rings is 3. The van der Waals surface area contributed by atoms with Gasteiger partial charge in [0.05, 0.1) is 12.7 Å². The Morgan fingerprint density at radius 1 is 0.667 bits per heavy atom. The Labute approximate surface area is 176 Å². The molecule has 0 saturated heterocycles. The topological polar surface area (TPSA) is 124 Å². The van der Waals surface area contributed by atoms with Gasteiger partial charge in [0.15, 0.2) is 6.29 Å². The van der Waals surface area contributed by atoms with E-state index in [1.165, 1.54) is 0 Å². The van der Waals surface area contributed by atoms with E-state index < -0.39 is 18.3 Å². The van der Waals surface area contributed by atoms with Crippen molar-refractivity contribution in [1.29, 1.82) is 0 Å². The maximum atomic E-state index is 10.1. The minimum Gasteiger partial charge on any atom is -0.393 e. The lowest BCUT2D eigenvalue weighted by atomic mass is 10.1. The van der Waals surface area contributed by atoms with Crippen LogP contribution in [0.2, 0.25) is 0 Å². The van der Waals surface area contributed by atoms with E-state index in [-0.39, 0.29) is 13.2 Å². The van der Waals surface area contributed by atoms with Crippen LogP contribution in [0.1, 0.15) is 35.0 Å². The molecule has 0 amide bonds. The quantitative estimate of drug-likeness (QED) is 0.397. The summed E-state index contributed by atoms with van der Waals surface area (Å²) in [6, 6.07) is 27.3. The van der Waals surface area contributed by atoms with Crippen LogP contribution < -0.4 is 5.73 Å². The lowest BCUT2D eigenvalue weighted by Crippen LogP contribution is -2.10. The normalized spacial score (nSPS) is 12.8. The fourth-order valence-corrected chi connectivity index (χ4v) is 2.32. The molecule has 0 unspecified atom stereocenters. The smallest absolute Gasteiger partial charge is 0.153 e. The molecule has 0 saturated carbocycles. The van der Waals surface area contributed by atoms with Crippen molar-refractivity contribution in [2.24, 2.45) is 5.73 Å². The van der Waals surface area contributed by atoms with Crippen molar-refractivity contribution < 1.29 is 25.2 Å². The van der Waals surface area contributed by atoms with Gasteiger partial charge in [-0.2, -0.15) is 0 Å². The molecule has 0 fully saturated rings. The summed E-state index contributed by atoms with van der Waals surface area (Å²) in [5.74, 6) is 0. The molecule has 3 aromatic carbocycles. The zero-order chi connectivity index (χ0) is 22.2. The molecule has 3 aromatic rings. The first-order chi connectivity index (χ1) is 14.5. The first-order valence-electron chi connectivity index (χ1n) is 9.48. The van der Waals surface area contributed by atoms with Gasteiger partial charge in [-0.3, -0.25) is 0 Å². The van der Waals surface area contributed by atoms with Crippen molar-refractivity contribution in [3.8, 4) is 0 Å². The molecule has 0 spiro atoms. The summed E-state index contributed by atoms with van der Waals surface area (Å²) in [6.45, 7) is 0.0635. The van der Waals surface area contributed by atoms with Gasteiger partial charge in [-0.05, 0) is 16.7 Å². The Morgan fingerprint density at radius 3 is 1.37 bits per heavy atom. The predicted molar refractivity (Wildman–Crippen MR) is 116 cm³/mol. The van der Waals surface area contributed by atoms with E-state index in [9.17, 15) is 9.90 Å².